The van der Waals surface area contributed by atoms with Crippen molar-refractivity contribution in [1.29, 1.82) is 0 Å². The van der Waals surface area contributed by atoms with Gasteiger partial charge >= 0.3 is 11.9 Å². The van der Waals surface area contributed by atoms with E-state index >= 15 is 0 Å². The molecule has 0 amide bonds. The van der Waals surface area contributed by atoms with Crippen molar-refractivity contribution in [1.82, 2.24) is 0 Å². The van der Waals surface area contributed by atoms with E-state index in [1.165, 1.54) is 107 Å². The fourth-order valence-electron chi connectivity index (χ4n) is 5.37. The van der Waals surface area contributed by atoms with E-state index in [0.29, 0.717) is 12.8 Å². The second-order valence-electron chi connectivity index (χ2n) is 11.4. The van der Waals surface area contributed by atoms with Crippen molar-refractivity contribution in [3.05, 3.63) is 34.9 Å². The lowest BCUT2D eigenvalue weighted by molar-refractivity contribution is -0.138. The number of carbonyl (C=O) groups is 2. The van der Waals surface area contributed by atoms with Gasteiger partial charge in [0.25, 0.3) is 0 Å². The molecular weight excluding hydrogens is 472 g/mol. The zero-order chi connectivity index (χ0) is 27.7. The quantitative estimate of drug-likeness (QED) is 0.111. The Kier molecular flexibility index (Phi) is 21.8. The van der Waals surface area contributed by atoms with Gasteiger partial charge in [0.2, 0.25) is 0 Å². The average Bonchev–Trinajstić information content (AvgIpc) is 2.89. The van der Waals surface area contributed by atoms with Gasteiger partial charge in [0.05, 0.1) is 0 Å². The molecule has 1 rings (SSSR count). The third-order valence-corrected chi connectivity index (χ3v) is 7.76. The van der Waals surface area contributed by atoms with Gasteiger partial charge in [-0.25, -0.2) is 0 Å². The van der Waals surface area contributed by atoms with Crippen LogP contribution in [0.2, 0.25) is 0 Å². The zero-order valence-corrected chi connectivity index (χ0v) is 24.6. The number of hydrogen-bond donors (Lipinski definition) is 2. The van der Waals surface area contributed by atoms with E-state index in [2.05, 4.69) is 25.1 Å². The minimum Gasteiger partial charge on any atom is -0.481 e. The first kappa shape index (κ1) is 34.2. The van der Waals surface area contributed by atoms with Crippen LogP contribution in [-0.2, 0) is 28.9 Å². The number of carboxylic acids is 2. The normalized spacial score (nSPS) is 11.2. The molecule has 0 aliphatic heterocycles. The topological polar surface area (TPSA) is 74.6 Å². The maximum absolute atomic E-state index is 10.7. The number of rotatable bonds is 27. The first-order valence-corrected chi connectivity index (χ1v) is 16.1. The summed E-state index contributed by atoms with van der Waals surface area (Å²) in [6.45, 7) is 2.28. The van der Waals surface area contributed by atoms with Gasteiger partial charge in [-0.2, -0.15) is 0 Å². The van der Waals surface area contributed by atoms with Crippen LogP contribution in [-0.4, -0.2) is 22.2 Å². The molecule has 0 spiro atoms. The highest BCUT2D eigenvalue weighted by atomic mass is 16.4. The maximum Gasteiger partial charge on any atom is 0.303 e. The van der Waals surface area contributed by atoms with Crippen LogP contribution in [0.15, 0.2) is 18.2 Å². The van der Waals surface area contributed by atoms with E-state index in [4.69, 9.17) is 10.2 Å². The first-order chi connectivity index (χ1) is 18.5. The predicted molar refractivity (Wildman–Crippen MR) is 160 cm³/mol. The molecule has 0 aliphatic rings. The van der Waals surface area contributed by atoms with Gasteiger partial charge in [0, 0.05) is 12.8 Å². The van der Waals surface area contributed by atoms with Crippen molar-refractivity contribution in [2.45, 2.75) is 167 Å². The fourth-order valence-corrected chi connectivity index (χ4v) is 5.37. The smallest absolute Gasteiger partial charge is 0.303 e. The fraction of sp³-hybridized carbons (Fsp3) is 0.765. The van der Waals surface area contributed by atoms with E-state index in [9.17, 15) is 9.59 Å². The van der Waals surface area contributed by atoms with Gasteiger partial charge in [-0.1, -0.05) is 121 Å². The van der Waals surface area contributed by atoms with Crippen molar-refractivity contribution in [2.24, 2.45) is 0 Å². The molecule has 0 saturated heterocycles. The van der Waals surface area contributed by atoms with E-state index < -0.39 is 11.9 Å². The van der Waals surface area contributed by atoms with Gasteiger partial charge in [-0.3, -0.25) is 9.59 Å². The van der Waals surface area contributed by atoms with Gasteiger partial charge in [-0.05, 0) is 68.1 Å². The minimum absolute atomic E-state index is 0.303. The summed E-state index contributed by atoms with van der Waals surface area (Å²) in [5.74, 6) is -1.36. The highest BCUT2D eigenvalue weighted by Gasteiger charge is 2.06. The Bertz CT molecular complexity index is 727. The third-order valence-electron chi connectivity index (χ3n) is 7.76. The summed E-state index contributed by atoms with van der Waals surface area (Å²) in [4.78, 5) is 21.3. The summed E-state index contributed by atoms with van der Waals surface area (Å²) in [5, 5.41) is 17.5. The summed E-state index contributed by atoms with van der Waals surface area (Å²) < 4.78 is 0. The van der Waals surface area contributed by atoms with Crippen LogP contribution in [0.25, 0.3) is 0 Å². The molecule has 38 heavy (non-hydrogen) atoms. The molecule has 1 aromatic rings. The van der Waals surface area contributed by atoms with Gasteiger partial charge in [-0.15, -0.1) is 0 Å². The number of aliphatic carboxylic acids is 2. The lowest BCUT2D eigenvalue weighted by Gasteiger charge is -2.13. The summed E-state index contributed by atoms with van der Waals surface area (Å²) in [5.41, 5.74) is 4.58. The van der Waals surface area contributed by atoms with Crippen LogP contribution in [0.4, 0.5) is 0 Å². The van der Waals surface area contributed by atoms with Crippen LogP contribution < -0.4 is 0 Å². The van der Waals surface area contributed by atoms with E-state index in [1.807, 2.05) is 0 Å². The largest absolute Gasteiger partial charge is 0.481 e. The molecule has 0 aromatic heterocycles. The Hall–Kier alpha value is -1.84. The SMILES string of the molecule is CCCCCCCCCCc1ccc(CCCCCCCCC(=O)O)c(CCCCCCCCC(=O)O)c1. The number of unbranched alkanes of at least 4 members (excludes halogenated alkanes) is 17. The van der Waals surface area contributed by atoms with Crippen molar-refractivity contribution in [2.75, 3.05) is 0 Å². The van der Waals surface area contributed by atoms with Gasteiger partial charge in [0.15, 0.2) is 0 Å². The van der Waals surface area contributed by atoms with Crippen molar-refractivity contribution >= 4 is 11.9 Å². The van der Waals surface area contributed by atoms with E-state index in [-0.39, 0.29) is 0 Å². The monoisotopic (exact) mass is 530 g/mol. The average molecular weight is 531 g/mol. The van der Waals surface area contributed by atoms with Gasteiger partial charge in [0.1, 0.15) is 0 Å². The number of aryl methyl sites for hydroxylation is 3. The Balaban J connectivity index is 2.42. The van der Waals surface area contributed by atoms with Crippen LogP contribution >= 0.6 is 0 Å². The minimum atomic E-state index is -0.679. The molecule has 0 bridgehead atoms. The molecule has 218 valence electrons. The lowest BCUT2D eigenvalue weighted by Crippen LogP contribution is -1.99. The maximum atomic E-state index is 10.7. The van der Waals surface area contributed by atoms with Crippen molar-refractivity contribution in [3.63, 3.8) is 0 Å². The third kappa shape index (κ3) is 20.2. The lowest BCUT2D eigenvalue weighted by atomic mass is 9.93. The van der Waals surface area contributed by atoms with Gasteiger partial charge < -0.3 is 10.2 Å². The Morgan fingerprint density at radius 1 is 0.500 bits per heavy atom. The molecule has 4 heteroatoms. The molecule has 2 N–H and O–H groups in total. The second-order valence-corrected chi connectivity index (χ2v) is 11.4. The molecule has 0 aliphatic carbocycles. The predicted octanol–water partition coefficient (Wildman–Crippen LogP) is 10.1. The Morgan fingerprint density at radius 3 is 1.37 bits per heavy atom. The van der Waals surface area contributed by atoms with Crippen molar-refractivity contribution in [3.8, 4) is 0 Å². The molecular formula is C34H58O4. The summed E-state index contributed by atoms with van der Waals surface area (Å²) >= 11 is 0. The number of hydrogen-bond acceptors (Lipinski definition) is 2. The molecule has 0 atom stereocenters. The van der Waals surface area contributed by atoms with E-state index in [0.717, 1.165) is 51.4 Å². The Labute approximate surface area is 234 Å². The first-order valence-electron chi connectivity index (χ1n) is 16.1. The molecule has 0 saturated carbocycles. The molecule has 0 radical (unpaired) electrons. The molecule has 1 aromatic carbocycles. The number of benzene rings is 1. The second kappa shape index (κ2) is 24.2. The summed E-state index contributed by atoms with van der Waals surface area (Å²) in [6, 6.07) is 7.26. The molecule has 4 nitrogen and oxygen atoms in total. The highest BCUT2D eigenvalue weighted by Crippen LogP contribution is 2.21. The van der Waals surface area contributed by atoms with Crippen LogP contribution in [0.1, 0.15) is 165 Å². The standard InChI is InChI=1S/C34H58O4/c1-2-3-4-5-6-7-12-17-22-30-27-28-31(23-18-13-8-10-15-20-25-33(35)36)32(29-30)24-19-14-9-11-16-21-26-34(37)38/h27-29H,2-26H2,1H3,(H,35,36)(H,37,38). The van der Waals surface area contributed by atoms with Crippen LogP contribution in [0.3, 0.4) is 0 Å². The zero-order valence-electron chi connectivity index (χ0n) is 24.6. The molecule has 0 unspecified atom stereocenters. The molecule has 0 fully saturated rings. The highest BCUT2D eigenvalue weighted by molar-refractivity contribution is 5.66. The van der Waals surface area contributed by atoms with E-state index in [1.54, 1.807) is 5.56 Å². The summed E-state index contributed by atoms with van der Waals surface area (Å²) in [7, 11) is 0. The van der Waals surface area contributed by atoms with Crippen LogP contribution in [0.5, 0.6) is 0 Å². The van der Waals surface area contributed by atoms with Crippen molar-refractivity contribution < 1.29 is 19.8 Å². The number of carboxylic acid groups (broad SMARTS) is 2. The summed E-state index contributed by atoms with van der Waals surface area (Å²) in [6.07, 6.45) is 28.3. The Morgan fingerprint density at radius 2 is 0.895 bits per heavy atom. The molecule has 0 heterocycles. The van der Waals surface area contributed by atoms with Crippen LogP contribution in [0, 0.1) is 0 Å².